The van der Waals surface area contributed by atoms with Gasteiger partial charge in [0.05, 0.1) is 16.8 Å². The average molecular weight is 272 g/mol. The molecular formula is C15H16N2O3. The predicted octanol–water partition coefficient (Wildman–Crippen LogP) is 2.39. The number of nitrogens with zero attached hydrogens (tertiary/aromatic N) is 2. The second-order valence-electron chi connectivity index (χ2n) is 5.16. The van der Waals surface area contributed by atoms with Gasteiger partial charge in [0.2, 0.25) is 5.91 Å². The first-order chi connectivity index (χ1) is 9.58. The first-order valence-electron chi connectivity index (χ1n) is 6.70. The van der Waals surface area contributed by atoms with Crippen LogP contribution in [0.15, 0.2) is 24.4 Å². The summed E-state index contributed by atoms with van der Waals surface area (Å²) in [6.07, 6.45) is 4.45. The van der Waals surface area contributed by atoms with Gasteiger partial charge in [-0.1, -0.05) is 0 Å². The van der Waals surface area contributed by atoms with Crippen LogP contribution in [-0.4, -0.2) is 28.1 Å². The zero-order chi connectivity index (χ0) is 14.3. The van der Waals surface area contributed by atoms with Gasteiger partial charge in [0.15, 0.2) is 0 Å². The Morgan fingerprint density at radius 3 is 2.80 bits per heavy atom. The Hall–Kier alpha value is -2.30. The number of rotatable bonds is 2. The molecule has 2 aromatic rings. The van der Waals surface area contributed by atoms with Gasteiger partial charge in [-0.25, -0.2) is 4.79 Å². The molecule has 0 saturated carbocycles. The number of carbonyl (C=O) groups is 2. The molecule has 0 unspecified atom stereocenters. The Bertz CT molecular complexity index is 702. The SMILES string of the molecule is Cn1cc(N2CCCCC2=O)c2ccc(C(=O)O)cc21. The number of carboxylic acids is 1. The largest absolute Gasteiger partial charge is 0.478 e. The topological polar surface area (TPSA) is 62.5 Å². The molecule has 0 spiro atoms. The van der Waals surface area contributed by atoms with Crippen LogP contribution in [0.1, 0.15) is 29.6 Å². The maximum absolute atomic E-state index is 12.0. The van der Waals surface area contributed by atoms with Gasteiger partial charge in [-0.05, 0) is 31.0 Å². The molecule has 3 rings (SSSR count). The van der Waals surface area contributed by atoms with Gasteiger partial charge in [0, 0.05) is 31.6 Å². The first-order valence-corrected chi connectivity index (χ1v) is 6.70. The highest BCUT2D eigenvalue weighted by molar-refractivity contribution is 6.05. The van der Waals surface area contributed by atoms with E-state index in [1.165, 1.54) is 0 Å². The van der Waals surface area contributed by atoms with Gasteiger partial charge in [-0.3, -0.25) is 4.79 Å². The van der Waals surface area contributed by atoms with Crippen molar-refractivity contribution >= 4 is 28.5 Å². The highest BCUT2D eigenvalue weighted by Gasteiger charge is 2.23. The lowest BCUT2D eigenvalue weighted by Gasteiger charge is -2.26. The number of fused-ring (bicyclic) bond motifs is 1. The number of benzene rings is 1. The number of hydrogen-bond donors (Lipinski definition) is 1. The fraction of sp³-hybridized carbons (Fsp3) is 0.333. The minimum atomic E-state index is -0.941. The summed E-state index contributed by atoms with van der Waals surface area (Å²) < 4.78 is 1.87. The molecule has 20 heavy (non-hydrogen) atoms. The molecule has 1 N–H and O–H groups in total. The van der Waals surface area contributed by atoms with E-state index < -0.39 is 5.97 Å². The van der Waals surface area contributed by atoms with Crippen LogP contribution in [0.3, 0.4) is 0 Å². The van der Waals surface area contributed by atoms with Crippen LogP contribution in [0.5, 0.6) is 0 Å². The summed E-state index contributed by atoms with van der Waals surface area (Å²) in [6.45, 7) is 0.735. The molecule has 1 saturated heterocycles. The van der Waals surface area contributed by atoms with Crippen molar-refractivity contribution in [2.24, 2.45) is 7.05 Å². The van der Waals surface area contributed by atoms with Crippen LogP contribution in [0, 0.1) is 0 Å². The normalized spacial score (nSPS) is 15.8. The molecule has 1 amide bonds. The fourth-order valence-electron chi connectivity index (χ4n) is 2.77. The second-order valence-corrected chi connectivity index (χ2v) is 5.16. The number of amides is 1. The Kier molecular flexibility index (Phi) is 2.97. The Morgan fingerprint density at radius 1 is 1.30 bits per heavy atom. The molecule has 0 aliphatic carbocycles. The molecule has 1 aromatic carbocycles. The van der Waals surface area contributed by atoms with Gasteiger partial charge in [-0.15, -0.1) is 0 Å². The average Bonchev–Trinajstić information content (AvgIpc) is 2.76. The van der Waals surface area contributed by atoms with E-state index in [9.17, 15) is 9.59 Å². The van der Waals surface area contributed by atoms with Crippen LogP contribution in [0.2, 0.25) is 0 Å². The number of anilines is 1. The summed E-state index contributed by atoms with van der Waals surface area (Å²) in [4.78, 5) is 24.9. The number of aryl methyl sites for hydroxylation is 1. The maximum Gasteiger partial charge on any atom is 0.335 e. The zero-order valence-electron chi connectivity index (χ0n) is 11.3. The third kappa shape index (κ3) is 1.95. The van der Waals surface area contributed by atoms with Crippen LogP contribution in [0.4, 0.5) is 5.69 Å². The first kappa shape index (κ1) is 12.7. The minimum absolute atomic E-state index is 0.145. The van der Waals surface area contributed by atoms with Gasteiger partial charge >= 0.3 is 5.97 Å². The van der Waals surface area contributed by atoms with Crippen molar-refractivity contribution in [1.29, 1.82) is 0 Å². The van der Waals surface area contributed by atoms with Crippen LogP contribution in [0.25, 0.3) is 10.9 Å². The number of aromatic nitrogens is 1. The summed E-state index contributed by atoms with van der Waals surface area (Å²) >= 11 is 0. The van der Waals surface area contributed by atoms with E-state index >= 15 is 0 Å². The van der Waals surface area contributed by atoms with Gasteiger partial charge in [-0.2, -0.15) is 0 Å². The molecule has 0 radical (unpaired) electrons. The lowest BCUT2D eigenvalue weighted by atomic mass is 10.1. The molecular weight excluding hydrogens is 256 g/mol. The van der Waals surface area contributed by atoms with Crippen molar-refractivity contribution in [3.63, 3.8) is 0 Å². The standard InChI is InChI=1S/C15H16N2O3/c1-16-9-13(17-7-3-2-4-14(17)18)11-6-5-10(15(19)20)8-12(11)16/h5-6,8-9H,2-4,7H2,1H3,(H,19,20). The third-order valence-corrected chi connectivity index (χ3v) is 3.83. The maximum atomic E-state index is 12.0. The molecule has 0 bridgehead atoms. The molecule has 1 aliphatic heterocycles. The van der Waals surface area contributed by atoms with E-state index in [-0.39, 0.29) is 11.5 Å². The number of carbonyl (C=O) groups excluding carboxylic acids is 1. The van der Waals surface area contributed by atoms with Gasteiger partial charge in [0.25, 0.3) is 0 Å². The Morgan fingerprint density at radius 2 is 2.10 bits per heavy atom. The number of piperidine rings is 1. The van der Waals surface area contributed by atoms with E-state index in [1.54, 1.807) is 18.2 Å². The van der Waals surface area contributed by atoms with Crippen molar-refractivity contribution in [1.82, 2.24) is 4.57 Å². The van der Waals surface area contributed by atoms with E-state index in [2.05, 4.69) is 0 Å². The van der Waals surface area contributed by atoms with Crippen molar-refractivity contribution in [3.8, 4) is 0 Å². The number of hydrogen-bond acceptors (Lipinski definition) is 2. The lowest BCUT2D eigenvalue weighted by Crippen LogP contribution is -2.35. The van der Waals surface area contributed by atoms with Crippen molar-refractivity contribution in [3.05, 3.63) is 30.0 Å². The molecule has 2 heterocycles. The molecule has 104 valence electrons. The summed E-state index contributed by atoms with van der Waals surface area (Å²) in [5, 5.41) is 9.98. The van der Waals surface area contributed by atoms with E-state index in [0.29, 0.717) is 6.42 Å². The smallest absolute Gasteiger partial charge is 0.335 e. The van der Waals surface area contributed by atoms with Crippen molar-refractivity contribution in [2.75, 3.05) is 11.4 Å². The van der Waals surface area contributed by atoms with Crippen molar-refractivity contribution in [2.45, 2.75) is 19.3 Å². The minimum Gasteiger partial charge on any atom is -0.478 e. The lowest BCUT2D eigenvalue weighted by molar-refractivity contribution is -0.119. The summed E-state index contributed by atoms with van der Waals surface area (Å²) in [6, 6.07) is 5.02. The van der Waals surface area contributed by atoms with Gasteiger partial charge in [0.1, 0.15) is 0 Å². The third-order valence-electron chi connectivity index (χ3n) is 3.83. The molecule has 5 heteroatoms. The molecule has 5 nitrogen and oxygen atoms in total. The summed E-state index contributed by atoms with van der Waals surface area (Å²) in [5.74, 6) is -0.797. The van der Waals surface area contributed by atoms with E-state index in [0.717, 1.165) is 36.0 Å². The predicted molar refractivity (Wildman–Crippen MR) is 76.1 cm³/mol. The Labute approximate surface area is 116 Å². The monoisotopic (exact) mass is 272 g/mol. The summed E-state index contributed by atoms with van der Waals surface area (Å²) in [5.41, 5.74) is 1.97. The van der Waals surface area contributed by atoms with E-state index in [1.807, 2.05) is 22.7 Å². The molecule has 1 aliphatic rings. The Balaban J connectivity index is 2.13. The fourth-order valence-corrected chi connectivity index (χ4v) is 2.77. The van der Waals surface area contributed by atoms with Crippen LogP contribution in [-0.2, 0) is 11.8 Å². The molecule has 1 fully saturated rings. The van der Waals surface area contributed by atoms with Crippen LogP contribution < -0.4 is 4.90 Å². The number of aromatic carboxylic acids is 1. The summed E-state index contributed by atoms with van der Waals surface area (Å²) in [7, 11) is 1.87. The van der Waals surface area contributed by atoms with E-state index in [4.69, 9.17) is 5.11 Å². The highest BCUT2D eigenvalue weighted by Crippen LogP contribution is 2.31. The molecule has 1 aromatic heterocycles. The number of carboxylic acid groups (broad SMARTS) is 1. The second kappa shape index (κ2) is 4.67. The zero-order valence-corrected chi connectivity index (χ0v) is 11.3. The quantitative estimate of drug-likeness (QED) is 0.913. The molecule has 0 atom stereocenters. The highest BCUT2D eigenvalue weighted by atomic mass is 16.4. The van der Waals surface area contributed by atoms with Gasteiger partial charge < -0.3 is 14.6 Å². The van der Waals surface area contributed by atoms with Crippen LogP contribution >= 0.6 is 0 Å². The van der Waals surface area contributed by atoms with Crippen molar-refractivity contribution < 1.29 is 14.7 Å².